The number of nitrogens with zero attached hydrogens (tertiary/aromatic N) is 1. The Balaban J connectivity index is 1.97. The first kappa shape index (κ1) is 13.5. The molecule has 2 aromatic carbocycles. The summed E-state index contributed by atoms with van der Waals surface area (Å²) in [5, 5.41) is 21.5. The van der Waals surface area contributed by atoms with Crippen LogP contribution in [0.25, 0.3) is 0 Å². The van der Waals surface area contributed by atoms with Crippen molar-refractivity contribution < 1.29 is 13.9 Å². The smallest absolute Gasteiger partial charge is 0.150 e. The Morgan fingerprint density at radius 3 is 2.52 bits per heavy atom. The molecule has 3 nitrogen and oxygen atoms in total. The molecule has 106 valence electrons. The normalized spacial score (nSPS) is 19.9. The van der Waals surface area contributed by atoms with Gasteiger partial charge in [0.25, 0.3) is 0 Å². The lowest BCUT2D eigenvalue weighted by Gasteiger charge is -2.20. The summed E-state index contributed by atoms with van der Waals surface area (Å²) in [6.07, 6.45) is -0.315. The van der Waals surface area contributed by atoms with E-state index in [1.807, 2.05) is 24.3 Å². The lowest BCUT2D eigenvalue weighted by Crippen LogP contribution is -2.22. The van der Waals surface area contributed by atoms with E-state index in [4.69, 9.17) is 5.26 Å². The Hall–Kier alpha value is -2.45. The highest BCUT2D eigenvalue weighted by Gasteiger charge is 2.31. The molecule has 2 aromatic rings. The Morgan fingerprint density at radius 2 is 1.86 bits per heavy atom. The number of nitriles is 1. The summed E-state index contributed by atoms with van der Waals surface area (Å²) in [6.45, 7) is 0. The quantitative estimate of drug-likeness (QED) is 0.892. The van der Waals surface area contributed by atoms with Gasteiger partial charge in [-0.2, -0.15) is 5.26 Å². The van der Waals surface area contributed by atoms with E-state index < -0.39 is 23.8 Å². The van der Waals surface area contributed by atoms with Gasteiger partial charge < -0.3 is 10.4 Å². The molecule has 0 spiro atoms. The van der Waals surface area contributed by atoms with Crippen molar-refractivity contribution in [2.75, 3.05) is 5.32 Å². The first-order valence-electron chi connectivity index (χ1n) is 6.51. The molecule has 1 aliphatic carbocycles. The molecular formula is C16H12F2N2O. The van der Waals surface area contributed by atoms with Crippen molar-refractivity contribution in [1.29, 1.82) is 5.26 Å². The van der Waals surface area contributed by atoms with E-state index in [9.17, 15) is 13.9 Å². The Morgan fingerprint density at radius 1 is 1.19 bits per heavy atom. The second-order valence-corrected chi connectivity index (χ2v) is 5.02. The predicted octanol–water partition coefficient (Wildman–Crippen LogP) is 2.91. The van der Waals surface area contributed by atoms with E-state index in [2.05, 4.69) is 5.32 Å². The van der Waals surface area contributed by atoms with Gasteiger partial charge in [0.2, 0.25) is 0 Å². The van der Waals surface area contributed by atoms with Gasteiger partial charge in [-0.05, 0) is 23.3 Å². The van der Waals surface area contributed by atoms with Gasteiger partial charge in [0, 0.05) is 6.42 Å². The number of hydrogen-bond acceptors (Lipinski definition) is 3. The van der Waals surface area contributed by atoms with Crippen LogP contribution in [0.4, 0.5) is 14.5 Å². The molecule has 0 aliphatic heterocycles. The maximum absolute atomic E-state index is 13.9. The summed E-state index contributed by atoms with van der Waals surface area (Å²) in [5.41, 5.74) is 1.38. The van der Waals surface area contributed by atoms with Crippen molar-refractivity contribution >= 4 is 5.69 Å². The zero-order valence-electron chi connectivity index (χ0n) is 11.0. The number of fused-ring (bicyclic) bond motifs is 1. The van der Waals surface area contributed by atoms with Gasteiger partial charge in [0.15, 0.2) is 11.6 Å². The Labute approximate surface area is 120 Å². The Kier molecular flexibility index (Phi) is 3.32. The van der Waals surface area contributed by atoms with E-state index in [0.717, 1.165) is 23.3 Å². The number of anilines is 1. The molecule has 2 atom stereocenters. The highest BCUT2D eigenvalue weighted by Crippen LogP contribution is 2.35. The van der Waals surface area contributed by atoms with Gasteiger partial charge in [0.1, 0.15) is 5.69 Å². The van der Waals surface area contributed by atoms with E-state index in [0.29, 0.717) is 6.42 Å². The van der Waals surface area contributed by atoms with E-state index in [1.54, 1.807) is 6.07 Å². The molecular weight excluding hydrogens is 274 g/mol. The van der Waals surface area contributed by atoms with Crippen molar-refractivity contribution in [2.45, 2.75) is 18.6 Å². The van der Waals surface area contributed by atoms with Crippen LogP contribution >= 0.6 is 0 Å². The fourth-order valence-electron chi connectivity index (χ4n) is 2.68. The number of aliphatic hydroxyl groups excluding tert-OH is 1. The fraction of sp³-hybridized carbons (Fsp3) is 0.188. The Bertz CT molecular complexity index is 716. The summed E-state index contributed by atoms with van der Waals surface area (Å²) in [5.74, 6) is -1.69. The molecule has 0 amide bonds. The summed E-state index contributed by atoms with van der Waals surface area (Å²) in [4.78, 5) is 0. The third kappa shape index (κ3) is 2.34. The number of rotatable bonds is 2. The average molecular weight is 286 g/mol. The SMILES string of the molecule is N#Cc1cc(F)c(N[C@H]2c3ccccc3C[C@H]2O)c(F)c1. The molecule has 0 fully saturated rings. The van der Waals surface area contributed by atoms with Crippen LogP contribution in [0.15, 0.2) is 36.4 Å². The highest BCUT2D eigenvalue weighted by molar-refractivity contribution is 5.53. The fourth-order valence-corrected chi connectivity index (χ4v) is 2.68. The third-order valence-corrected chi connectivity index (χ3v) is 3.68. The second-order valence-electron chi connectivity index (χ2n) is 5.02. The van der Waals surface area contributed by atoms with Gasteiger partial charge >= 0.3 is 0 Å². The summed E-state index contributed by atoms with van der Waals surface area (Å²) >= 11 is 0. The lowest BCUT2D eigenvalue weighted by atomic mass is 10.1. The van der Waals surface area contributed by atoms with E-state index in [-0.39, 0.29) is 11.3 Å². The molecule has 0 unspecified atom stereocenters. The van der Waals surface area contributed by atoms with Crippen molar-refractivity contribution in [3.8, 4) is 6.07 Å². The standard InChI is InChI=1S/C16H12F2N2O/c17-12-5-9(8-19)6-13(18)16(12)20-15-11-4-2-1-3-10(11)7-14(15)21/h1-6,14-15,20-21H,7H2/t14-,15+/m1/s1. The largest absolute Gasteiger partial charge is 0.390 e. The van der Waals surface area contributed by atoms with Gasteiger partial charge in [0.05, 0.1) is 23.8 Å². The van der Waals surface area contributed by atoms with Crippen LogP contribution in [-0.4, -0.2) is 11.2 Å². The molecule has 3 rings (SSSR count). The van der Waals surface area contributed by atoms with Crippen LogP contribution in [0.1, 0.15) is 22.7 Å². The molecule has 0 saturated carbocycles. The topological polar surface area (TPSA) is 56.0 Å². The van der Waals surface area contributed by atoms with Crippen molar-refractivity contribution in [3.63, 3.8) is 0 Å². The third-order valence-electron chi connectivity index (χ3n) is 3.68. The van der Waals surface area contributed by atoms with E-state index >= 15 is 0 Å². The minimum atomic E-state index is -0.844. The molecule has 2 N–H and O–H groups in total. The van der Waals surface area contributed by atoms with Crippen LogP contribution in [0.2, 0.25) is 0 Å². The van der Waals surface area contributed by atoms with Crippen molar-refractivity contribution in [3.05, 3.63) is 64.7 Å². The van der Waals surface area contributed by atoms with Gasteiger partial charge in [-0.3, -0.25) is 0 Å². The maximum Gasteiger partial charge on any atom is 0.150 e. The molecule has 0 aromatic heterocycles. The maximum atomic E-state index is 13.9. The number of aliphatic hydroxyl groups is 1. The number of nitrogens with one attached hydrogen (secondary N) is 1. The predicted molar refractivity (Wildman–Crippen MR) is 73.6 cm³/mol. The second kappa shape index (κ2) is 5.15. The molecule has 0 radical (unpaired) electrons. The molecule has 5 heteroatoms. The van der Waals surface area contributed by atoms with Crippen LogP contribution in [0.5, 0.6) is 0 Å². The van der Waals surface area contributed by atoms with Crippen LogP contribution in [0, 0.1) is 23.0 Å². The minimum Gasteiger partial charge on any atom is -0.390 e. The van der Waals surface area contributed by atoms with Crippen molar-refractivity contribution in [2.24, 2.45) is 0 Å². The highest BCUT2D eigenvalue weighted by atomic mass is 19.1. The molecule has 0 bridgehead atoms. The molecule has 21 heavy (non-hydrogen) atoms. The van der Waals surface area contributed by atoms with Gasteiger partial charge in [-0.1, -0.05) is 24.3 Å². The lowest BCUT2D eigenvalue weighted by molar-refractivity contribution is 0.165. The summed E-state index contributed by atoms with van der Waals surface area (Å²) in [7, 11) is 0. The average Bonchev–Trinajstić information content (AvgIpc) is 2.78. The number of benzene rings is 2. The summed E-state index contributed by atoms with van der Waals surface area (Å²) in [6, 6.07) is 10.4. The summed E-state index contributed by atoms with van der Waals surface area (Å²) < 4.78 is 27.8. The first-order valence-corrected chi connectivity index (χ1v) is 6.51. The van der Waals surface area contributed by atoms with Gasteiger partial charge in [-0.25, -0.2) is 8.78 Å². The van der Waals surface area contributed by atoms with E-state index in [1.165, 1.54) is 0 Å². The van der Waals surface area contributed by atoms with Crippen LogP contribution < -0.4 is 5.32 Å². The van der Waals surface area contributed by atoms with Crippen LogP contribution in [0.3, 0.4) is 0 Å². The van der Waals surface area contributed by atoms with Crippen LogP contribution in [-0.2, 0) is 6.42 Å². The monoisotopic (exact) mass is 286 g/mol. The zero-order valence-corrected chi connectivity index (χ0v) is 11.0. The number of halogens is 2. The minimum absolute atomic E-state index is 0.0806. The molecule has 0 saturated heterocycles. The van der Waals surface area contributed by atoms with Gasteiger partial charge in [-0.15, -0.1) is 0 Å². The first-order chi connectivity index (χ1) is 10.1. The number of hydrogen-bond donors (Lipinski definition) is 2. The molecule has 0 heterocycles. The van der Waals surface area contributed by atoms with Crippen molar-refractivity contribution in [1.82, 2.24) is 0 Å². The zero-order chi connectivity index (χ0) is 15.0. The molecule has 1 aliphatic rings.